The molecule has 0 aliphatic heterocycles. The first-order valence-corrected chi connectivity index (χ1v) is 7.54. The minimum atomic E-state index is 0.436. The standard InChI is InChI=1S/C18H15N5O/c1-23-21-15(12-8-4-3-5-9-12)16(22-23)17-18(24-2)20-14-11-7-6-10-13(14)19-17/h3-11H,1-2H3. The van der Waals surface area contributed by atoms with Gasteiger partial charge >= 0.3 is 0 Å². The lowest BCUT2D eigenvalue weighted by Crippen LogP contribution is -1.98. The number of methoxy groups -OCH3 is 1. The van der Waals surface area contributed by atoms with Crippen molar-refractivity contribution >= 4 is 11.0 Å². The van der Waals surface area contributed by atoms with Crippen molar-refractivity contribution in [3.05, 3.63) is 54.6 Å². The van der Waals surface area contributed by atoms with E-state index < -0.39 is 0 Å². The van der Waals surface area contributed by atoms with Crippen LogP contribution in [0.15, 0.2) is 54.6 Å². The lowest BCUT2D eigenvalue weighted by molar-refractivity contribution is 0.399. The minimum absolute atomic E-state index is 0.436. The second-order valence-corrected chi connectivity index (χ2v) is 5.32. The molecule has 6 heteroatoms. The van der Waals surface area contributed by atoms with Crippen LogP contribution in [0.1, 0.15) is 0 Å². The van der Waals surface area contributed by atoms with Gasteiger partial charge in [0.15, 0.2) is 5.69 Å². The first kappa shape index (κ1) is 14.3. The van der Waals surface area contributed by atoms with Crippen LogP contribution in [0.3, 0.4) is 0 Å². The summed E-state index contributed by atoms with van der Waals surface area (Å²) in [7, 11) is 3.37. The topological polar surface area (TPSA) is 65.7 Å². The van der Waals surface area contributed by atoms with Crippen LogP contribution >= 0.6 is 0 Å². The van der Waals surface area contributed by atoms with E-state index in [9.17, 15) is 0 Å². The van der Waals surface area contributed by atoms with Gasteiger partial charge in [-0.1, -0.05) is 42.5 Å². The van der Waals surface area contributed by atoms with E-state index in [-0.39, 0.29) is 0 Å². The van der Waals surface area contributed by atoms with Crippen molar-refractivity contribution in [2.75, 3.05) is 7.11 Å². The maximum Gasteiger partial charge on any atom is 0.242 e. The Balaban J connectivity index is 1.98. The summed E-state index contributed by atoms with van der Waals surface area (Å²) in [5.74, 6) is 0.436. The number of para-hydroxylation sites is 2. The third-order valence-electron chi connectivity index (χ3n) is 3.72. The smallest absolute Gasteiger partial charge is 0.242 e. The first-order valence-electron chi connectivity index (χ1n) is 7.54. The molecule has 0 saturated heterocycles. The predicted octanol–water partition coefficient (Wildman–Crippen LogP) is 3.10. The second-order valence-electron chi connectivity index (χ2n) is 5.32. The van der Waals surface area contributed by atoms with Crippen LogP contribution in [-0.2, 0) is 7.05 Å². The lowest BCUT2D eigenvalue weighted by Gasteiger charge is -2.07. The van der Waals surface area contributed by atoms with Crippen LogP contribution in [-0.4, -0.2) is 32.1 Å². The quantitative estimate of drug-likeness (QED) is 0.581. The van der Waals surface area contributed by atoms with E-state index in [1.165, 1.54) is 4.80 Å². The Labute approximate surface area is 138 Å². The molecule has 118 valence electrons. The van der Waals surface area contributed by atoms with Crippen LogP contribution in [0, 0.1) is 0 Å². The predicted molar refractivity (Wildman–Crippen MR) is 91.5 cm³/mol. The van der Waals surface area contributed by atoms with Crippen molar-refractivity contribution in [1.82, 2.24) is 25.0 Å². The molecule has 0 aliphatic carbocycles. The van der Waals surface area contributed by atoms with Gasteiger partial charge in [0.2, 0.25) is 5.88 Å². The minimum Gasteiger partial charge on any atom is -0.479 e. The van der Waals surface area contributed by atoms with Gasteiger partial charge < -0.3 is 4.74 Å². The maximum absolute atomic E-state index is 5.46. The fourth-order valence-corrected chi connectivity index (χ4v) is 2.64. The molecule has 0 unspecified atom stereocenters. The van der Waals surface area contributed by atoms with Gasteiger partial charge in [0.05, 0.1) is 18.1 Å². The molecule has 0 N–H and O–H groups in total. The number of aryl methyl sites for hydroxylation is 1. The van der Waals surface area contributed by atoms with E-state index in [2.05, 4.69) is 15.2 Å². The van der Waals surface area contributed by atoms with Crippen molar-refractivity contribution < 1.29 is 4.74 Å². The van der Waals surface area contributed by atoms with E-state index in [1.807, 2.05) is 54.6 Å². The van der Waals surface area contributed by atoms with Crippen molar-refractivity contribution in [2.24, 2.45) is 7.05 Å². The molecule has 24 heavy (non-hydrogen) atoms. The number of ether oxygens (including phenoxy) is 1. The van der Waals surface area contributed by atoms with Crippen LogP contribution in [0.2, 0.25) is 0 Å². The molecule has 2 aromatic carbocycles. The molecule has 0 saturated carbocycles. The van der Waals surface area contributed by atoms with Gasteiger partial charge in [-0.25, -0.2) is 9.97 Å². The summed E-state index contributed by atoms with van der Waals surface area (Å²) in [5.41, 5.74) is 4.53. The molecular formula is C18H15N5O. The normalized spacial score (nSPS) is 10.9. The van der Waals surface area contributed by atoms with E-state index >= 15 is 0 Å². The van der Waals surface area contributed by atoms with E-state index in [0.29, 0.717) is 17.3 Å². The maximum atomic E-state index is 5.46. The van der Waals surface area contributed by atoms with Crippen molar-refractivity contribution in [1.29, 1.82) is 0 Å². The molecule has 0 bridgehead atoms. The molecule has 0 radical (unpaired) electrons. The summed E-state index contributed by atoms with van der Waals surface area (Å²) in [6.45, 7) is 0. The summed E-state index contributed by atoms with van der Waals surface area (Å²) in [6, 6.07) is 17.6. The fourth-order valence-electron chi connectivity index (χ4n) is 2.64. The molecule has 0 atom stereocenters. The summed E-state index contributed by atoms with van der Waals surface area (Å²) in [6.07, 6.45) is 0. The molecule has 0 spiro atoms. The number of rotatable bonds is 3. The summed E-state index contributed by atoms with van der Waals surface area (Å²) in [5, 5.41) is 8.99. The molecule has 2 heterocycles. The average molecular weight is 317 g/mol. The third kappa shape index (κ3) is 2.38. The Morgan fingerprint density at radius 1 is 0.750 bits per heavy atom. The van der Waals surface area contributed by atoms with Gasteiger partial charge in [-0.2, -0.15) is 15.0 Å². The fraction of sp³-hybridized carbons (Fsp3) is 0.111. The number of nitrogens with zero attached hydrogens (tertiary/aromatic N) is 5. The summed E-state index contributed by atoms with van der Waals surface area (Å²) in [4.78, 5) is 10.8. The number of hydrogen-bond donors (Lipinski definition) is 0. The van der Waals surface area contributed by atoms with Gasteiger partial charge in [0.25, 0.3) is 0 Å². The monoisotopic (exact) mass is 317 g/mol. The third-order valence-corrected chi connectivity index (χ3v) is 3.72. The molecule has 2 aromatic heterocycles. The Bertz CT molecular complexity index is 1010. The SMILES string of the molecule is COc1nc2ccccc2nc1-c1nn(C)nc1-c1ccccc1. The molecule has 0 amide bonds. The highest BCUT2D eigenvalue weighted by Gasteiger charge is 2.20. The van der Waals surface area contributed by atoms with Crippen molar-refractivity contribution in [3.63, 3.8) is 0 Å². The van der Waals surface area contributed by atoms with E-state index in [0.717, 1.165) is 22.3 Å². The Morgan fingerprint density at radius 3 is 2.08 bits per heavy atom. The molecular weight excluding hydrogens is 302 g/mol. The van der Waals surface area contributed by atoms with Crippen LogP contribution in [0.5, 0.6) is 5.88 Å². The number of aromatic nitrogens is 5. The van der Waals surface area contributed by atoms with Gasteiger partial charge in [-0.3, -0.25) is 0 Å². The van der Waals surface area contributed by atoms with E-state index in [1.54, 1.807) is 14.2 Å². The Morgan fingerprint density at radius 2 is 1.38 bits per heavy atom. The molecule has 4 rings (SSSR count). The van der Waals surface area contributed by atoms with Crippen LogP contribution < -0.4 is 4.74 Å². The zero-order valence-electron chi connectivity index (χ0n) is 13.3. The van der Waals surface area contributed by atoms with Crippen molar-refractivity contribution in [3.8, 4) is 28.5 Å². The average Bonchev–Trinajstić information content (AvgIpc) is 3.03. The molecule has 6 nitrogen and oxygen atoms in total. The highest BCUT2D eigenvalue weighted by Crippen LogP contribution is 2.33. The van der Waals surface area contributed by atoms with Gasteiger partial charge in [-0.05, 0) is 12.1 Å². The molecule has 4 aromatic rings. The highest BCUT2D eigenvalue weighted by molar-refractivity contribution is 5.83. The van der Waals surface area contributed by atoms with Crippen LogP contribution in [0.4, 0.5) is 0 Å². The molecule has 0 fully saturated rings. The number of hydrogen-bond acceptors (Lipinski definition) is 5. The summed E-state index contributed by atoms with van der Waals surface area (Å²) >= 11 is 0. The van der Waals surface area contributed by atoms with Gasteiger partial charge in [-0.15, -0.1) is 0 Å². The van der Waals surface area contributed by atoms with Gasteiger partial charge in [0, 0.05) is 12.6 Å². The first-order chi connectivity index (χ1) is 11.8. The van der Waals surface area contributed by atoms with Crippen LogP contribution in [0.25, 0.3) is 33.7 Å². The zero-order valence-corrected chi connectivity index (χ0v) is 13.3. The van der Waals surface area contributed by atoms with Gasteiger partial charge in [0.1, 0.15) is 11.4 Å². The zero-order chi connectivity index (χ0) is 16.5. The largest absolute Gasteiger partial charge is 0.479 e. The van der Waals surface area contributed by atoms with E-state index in [4.69, 9.17) is 9.72 Å². The Kier molecular flexibility index (Phi) is 3.42. The molecule has 0 aliphatic rings. The highest BCUT2D eigenvalue weighted by atomic mass is 16.5. The lowest BCUT2D eigenvalue weighted by atomic mass is 10.1. The van der Waals surface area contributed by atoms with Crippen molar-refractivity contribution in [2.45, 2.75) is 0 Å². The Hall–Kier alpha value is -3.28. The summed E-state index contributed by atoms with van der Waals surface area (Å²) < 4.78 is 5.46. The number of fused-ring (bicyclic) bond motifs is 1. The number of benzene rings is 2. The second kappa shape index (κ2) is 5.73.